The second-order valence-corrected chi connectivity index (χ2v) is 7.73. The van der Waals surface area contributed by atoms with Gasteiger partial charge in [-0.05, 0) is 38.2 Å². The summed E-state index contributed by atoms with van der Waals surface area (Å²) in [7, 11) is 0. The van der Waals surface area contributed by atoms with Crippen molar-refractivity contribution < 1.29 is 8.78 Å². The van der Waals surface area contributed by atoms with Gasteiger partial charge in [0, 0.05) is 43.2 Å². The fraction of sp³-hybridized carbons (Fsp3) is 0.579. The first-order chi connectivity index (χ1) is 13.2. The molecule has 3 heterocycles. The van der Waals surface area contributed by atoms with E-state index >= 15 is 0 Å². The first-order valence-corrected chi connectivity index (χ1v) is 9.67. The highest BCUT2D eigenvalue weighted by Gasteiger charge is 2.31. The molecule has 1 atom stereocenters. The Morgan fingerprint density at radius 3 is 2.52 bits per heavy atom. The number of halogens is 2. The number of aromatic nitrogens is 4. The van der Waals surface area contributed by atoms with Gasteiger partial charge in [-0.3, -0.25) is 0 Å². The van der Waals surface area contributed by atoms with Gasteiger partial charge in [-0.2, -0.15) is 0 Å². The standard InChI is InChI=1S/C19H22F2N6/c20-17(21)14-9-16(26-19(24-14)12-3-4-12)27-8-6-13(10-27)23-15-5-7-22-18(25-15)11-1-2-11/h5,7,9,11-13,17H,1-4,6,8,10H2,(H,22,23,25). The number of nitrogens with one attached hydrogen (secondary N) is 1. The molecule has 0 spiro atoms. The van der Waals surface area contributed by atoms with Crippen LogP contribution in [0, 0.1) is 0 Å². The number of alkyl halides is 2. The molecule has 0 aromatic carbocycles. The molecule has 1 unspecified atom stereocenters. The molecule has 1 saturated heterocycles. The Balaban J connectivity index is 1.29. The van der Waals surface area contributed by atoms with Gasteiger partial charge in [0.25, 0.3) is 6.43 Å². The zero-order valence-corrected chi connectivity index (χ0v) is 15.0. The van der Waals surface area contributed by atoms with Crippen LogP contribution in [0.4, 0.5) is 20.4 Å². The first-order valence-electron chi connectivity index (χ1n) is 9.67. The van der Waals surface area contributed by atoms with Gasteiger partial charge < -0.3 is 10.2 Å². The molecule has 6 nitrogen and oxygen atoms in total. The fourth-order valence-corrected chi connectivity index (χ4v) is 3.56. The molecule has 1 aliphatic heterocycles. The van der Waals surface area contributed by atoms with Crippen molar-refractivity contribution in [1.29, 1.82) is 0 Å². The third-order valence-corrected chi connectivity index (χ3v) is 5.40. The molecule has 0 bridgehead atoms. The average molecular weight is 372 g/mol. The van der Waals surface area contributed by atoms with E-state index < -0.39 is 6.43 Å². The van der Waals surface area contributed by atoms with E-state index in [0.717, 1.165) is 37.4 Å². The van der Waals surface area contributed by atoms with Crippen LogP contribution >= 0.6 is 0 Å². The molecule has 27 heavy (non-hydrogen) atoms. The predicted molar refractivity (Wildman–Crippen MR) is 97.2 cm³/mol. The maximum absolute atomic E-state index is 13.2. The summed E-state index contributed by atoms with van der Waals surface area (Å²) in [6.45, 7) is 1.49. The number of hydrogen-bond acceptors (Lipinski definition) is 6. The minimum absolute atomic E-state index is 0.164. The Labute approximate surface area is 156 Å². The SMILES string of the molecule is FC(F)c1cc(N2CCC(Nc3ccnc(C4CC4)n3)C2)nc(C2CC2)n1. The van der Waals surface area contributed by atoms with Gasteiger partial charge in [-0.25, -0.2) is 28.7 Å². The van der Waals surface area contributed by atoms with Crippen LogP contribution in [0.1, 0.15) is 67.7 Å². The van der Waals surface area contributed by atoms with Crippen LogP contribution in [0.3, 0.4) is 0 Å². The quantitative estimate of drug-likeness (QED) is 0.835. The smallest absolute Gasteiger partial charge is 0.280 e. The number of anilines is 2. The van der Waals surface area contributed by atoms with Crippen molar-refractivity contribution in [3.63, 3.8) is 0 Å². The van der Waals surface area contributed by atoms with E-state index in [2.05, 4.69) is 30.2 Å². The number of rotatable bonds is 6. The van der Waals surface area contributed by atoms with E-state index in [4.69, 9.17) is 0 Å². The molecule has 2 aromatic heterocycles. The largest absolute Gasteiger partial charge is 0.365 e. The van der Waals surface area contributed by atoms with Crippen LogP contribution in [0.5, 0.6) is 0 Å². The average Bonchev–Trinajstić information content (AvgIpc) is 3.59. The summed E-state index contributed by atoms with van der Waals surface area (Å²) in [4.78, 5) is 19.7. The molecule has 0 radical (unpaired) electrons. The third kappa shape index (κ3) is 3.70. The minimum Gasteiger partial charge on any atom is -0.365 e. The molecular formula is C19H22F2N6. The van der Waals surface area contributed by atoms with Crippen LogP contribution in [0.2, 0.25) is 0 Å². The Kier molecular flexibility index (Phi) is 4.13. The van der Waals surface area contributed by atoms with Crippen molar-refractivity contribution in [2.75, 3.05) is 23.3 Å². The molecule has 2 aromatic rings. The Morgan fingerprint density at radius 1 is 1.00 bits per heavy atom. The lowest BCUT2D eigenvalue weighted by Gasteiger charge is -2.19. The fourth-order valence-electron chi connectivity index (χ4n) is 3.56. The lowest BCUT2D eigenvalue weighted by Crippen LogP contribution is -2.27. The van der Waals surface area contributed by atoms with Gasteiger partial charge in [-0.15, -0.1) is 0 Å². The van der Waals surface area contributed by atoms with Crippen LogP contribution in [0.25, 0.3) is 0 Å². The Morgan fingerprint density at radius 2 is 1.78 bits per heavy atom. The summed E-state index contributed by atoms with van der Waals surface area (Å²) in [6, 6.07) is 3.54. The van der Waals surface area contributed by atoms with Crippen molar-refractivity contribution in [1.82, 2.24) is 19.9 Å². The maximum atomic E-state index is 13.2. The maximum Gasteiger partial charge on any atom is 0.280 e. The van der Waals surface area contributed by atoms with Crippen LogP contribution in [0.15, 0.2) is 18.3 Å². The van der Waals surface area contributed by atoms with Gasteiger partial charge in [0.2, 0.25) is 0 Å². The highest BCUT2D eigenvalue weighted by atomic mass is 19.3. The van der Waals surface area contributed by atoms with E-state index in [0.29, 0.717) is 24.1 Å². The monoisotopic (exact) mass is 372 g/mol. The lowest BCUT2D eigenvalue weighted by atomic mass is 10.2. The Hall–Kier alpha value is -2.38. The molecular weight excluding hydrogens is 350 g/mol. The second kappa shape index (κ2) is 6.65. The van der Waals surface area contributed by atoms with Crippen molar-refractivity contribution in [2.24, 2.45) is 0 Å². The Bertz CT molecular complexity index is 816. The van der Waals surface area contributed by atoms with Gasteiger partial charge in [-0.1, -0.05) is 0 Å². The van der Waals surface area contributed by atoms with Crippen LogP contribution < -0.4 is 10.2 Å². The summed E-state index contributed by atoms with van der Waals surface area (Å²) in [6.07, 6.45) is 4.48. The van der Waals surface area contributed by atoms with E-state index in [1.54, 1.807) is 6.20 Å². The highest BCUT2D eigenvalue weighted by molar-refractivity contribution is 5.45. The van der Waals surface area contributed by atoms with E-state index in [-0.39, 0.29) is 17.7 Å². The van der Waals surface area contributed by atoms with Gasteiger partial charge >= 0.3 is 0 Å². The zero-order valence-electron chi connectivity index (χ0n) is 15.0. The normalized spacial score (nSPS) is 22.5. The number of nitrogens with zero attached hydrogens (tertiary/aromatic N) is 5. The molecule has 0 amide bonds. The summed E-state index contributed by atoms with van der Waals surface area (Å²) in [5.41, 5.74) is -0.164. The van der Waals surface area contributed by atoms with Crippen LogP contribution in [-0.4, -0.2) is 39.1 Å². The van der Waals surface area contributed by atoms with Gasteiger partial charge in [0.15, 0.2) is 0 Å². The molecule has 5 rings (SSSR count). The van der Waals surface area contributed by atoms with Gasteiger partial charge in [0.05, 0.1) is 0 Å². The molecule has 2 aliphatic carbocycles. The van der Waals surface area contributed by atoms with Crippen LogP contribution in [-0.2, 0) is 0 Å². The molecule has 8 heteroatoms. The molecule has 1 N–H and O–H groups in total. The third-order valence-electron chi connectivity index (χ3n) is 5.40. The van der Waals surface area contributed by atoms with Gasteiger partial charge in [0.1, 0.15) is 29.0 Å². The van der Waals surface area contributed by atoms with E-state index in [9.17, 15) is 8.78 Å². The molecule has 2 saturated carbocycles. The zero-order chi connectivity index (χ0) is 18.4. The number of hydrogen-bond donors (Lipinski definition) is 1. The van der Waals surface area contributed by atoms with Crippen molar-refractivity contribution >= 4 is 11.6 Å². The summed E-state index contributed by atoms with van der Waals surface area (Å²) in [5.74, 6) is 3.72. The minimum atomic E-state index is -2.57. The highest BCUT2D eigenvalue weighted by Crippen LogP contribution is 2.40. The lowest BCUT2D eigenvalue weighted by molar-refractivity contribution is 0.145. The summed E-state index contributed by atoms with van der Waals surface area (Å²) >= 11 is 0. The second-order valence-electron chi connectivity index (χ2n) is 7.73. The topological polar surface area (TPSA) is 66.8 Å². The summed E-state index contributed by atoms with van der Waals surface area (Å²) in [5, 5.41) is 3.47. The first kappa shape index (κ1) is 16.8. The molecule has 3 aliphatic rings. The molecule has 142 valence electrons. The van der Waals surface area contributed by atoms with Crippen molar-refractivity contribution in [2.45, 2.75) is 56.4 Å². The summed E-state index contributed by atoms with van der Waals surface area (Å²) < 4.78 is 26.5. The van der Waals surface area contributed by atoms with Crippen molar-refractivity contribution in [3.8, 4) is 0 Å². The molecule has 3 fully saturated rings. The van der Waals surface area contributed by atoms with E-state index in [1.165, 1.54) is 18.9 Å². The predicted octanol–water partition coefficient (Wildman–Crippen LogP) is 3.65. The van der Waals surface area contributed by atoms with Crippen molar-refractivity contribution in [3.05, 3.63) is 35.7 Å². The van der Waals surface area contributed by atoms with E-state index in [1.807, 2.05) is 6.07 Å².